The molecule has 1 amide bonds. The number of hydrogen-bond donors (Lipinski definition) is 2. The van der Waals surface area contributed by atoms with E-state index in [2.05, 4.69) is 5.32 Å². The van der Waals surface area contributed by atoms with Gasteiger partial charge >= 0.3 is 5.97 Å². The first kappa shape index (κ1) is 11.8. The van der Waals surface area contributed by atoms with Crippen molar-refractivity contribution in [1.82, 2.24) is 5.32 Å². The molecule has 0 aromatic heterocycles. The van der Waals surface area contributed by atoms with Gasteiger partial charge in [0.2, 0.25) is 5.91 Å². The van der Waals surface area contributed by atoms with E-state index in [1.165, 1.54) is 0 Å². The van der Waals surface area contributed by atoms with Crippen LogP contribution in [0.5, 0.6) is 0 Å². The van der Waals surface area contributed by atoms with Gasteiger partial charge in [-0.1, -0.05) is 6.42 Å². The third-order valence-electron chi connectivity index (χ3n) is 3.38. The van der Waals surface area contributed by atoms with Crippen molar-refractivity contribution >= 4 is 23.6 Å². The second-order valence-electron chi connectivity index (χ2n) is 4.55. The van der Waals surface area contributed by atoms with E-state index in [1.807, 2.05) is 11.8 Å². The van der Waals surface area contributed by atoms with Crippen molar-refractivity contribution in [2.75, 3.05) is 5.75 Å². The maximum atomic E-state index is 11.2. The Morgan fingerprint density at radius 1 is 1.50 bits per heavy atom. The van der Waals surface area contributed by atoms with Crippen LogP contribution in [0.3, 0.4) is 0 Å². The van der Waals surface area contributed by atoms with E-state index >= 15 is 0 Å². The molecule has 0 spiro atoms. The molecule has 90 valence electrons. The molecule has 0 bridgehead atoms. The van der Waals surface area contributed by atoms with Crippen LogP contribution in [0.15, 0.2) is 0 Å². The topological polar surface area (TPSA) is 66.4 Å². The maximum Gasteiger partial charge on any atom is 0.303 e. The summed E-state index contributed by atoms with van der Waals surface area (Å²) in [5, 5.41) is 12.1. The fourth-order valence-corrected chi connectivity index (χ4v) is 4.21. The van der Waals surface area contributed by atoms with Crippen LogP contribution in [0.4, 0.5) is 0 Å². The van der Waals surface area contributed by atoms with E-state index in [9.17, 15) is 9.59 Å². The molecule has 2 fully saturated rings. The number of fused-ring (bicyclic) bond motifs is 1. The minimum Gasteiger partial charge on any atom is -0.481 e. The summed E-state index contributed by atoms with van der Waals surface area (Å²) in [5.74, 6) is 0.989. The van der Waals surface area contributed by atoms with Gasteiger partial charge in [-0.15, -0.1) is 0 Å². The molecule has 0 aromatic rings. The third kappa shape index (κ3) is 2.70. The van der Waals surface area contributed by atoms with Crippen molar-refractivity contribution in [3.05, 3.63) is 0 Å². The lowest BCUT2D eigenvalue weighted by molar-refractivity contribution is -0.137. The highest BCUT2D eigenvalue weighted by molar-refractivity contribution is 8.00. The zero-order valence-electron chi connectivity index (χ0n) is 9.15. The highest BCUT2D eigenvalue weighted by Crippen LogP contribution is 2.40. The molecule has 0 unspecified atom stereocenters. The highest BCUT2D eigenvalue weighted by Gasteiger charge is 2.42. The largest absolute Gasteiger partial charge is 0.481 e. The average molecular weight is 243 g/mol. The summed E-state index contributed by atoms with van der Waals surface area (Å²) in [5.41, 5.74) is 0. The SMILES string of the molecule is O=C(O)CCCC[C@@H]1SC[C@@H]2NC(=O)C[C@@H]21. The van der Waals surface area contributed by atoms with Crippen molar-refractivity contribution in [3.8, 4) is 0 Å². The van der Waals surface area contributed by atoms with E-state index in [0.717, 1.165) is 25.0 Å². The summed E-state index contributed by atoms with van der Waals surface area (Å²) in [6.45, 7) is 0. The number of hydrogen-bond acceptors (Lipinski definition) is 3. The van der Waals surface area contributed by atoms with Crippen molar-refractivity contribution in [2.24, 2.45) is 5.92 Å². The van der Waals surface area contributed by atoms with Gasteiger partial charge in [-0.3, -0.25) is 9.59 Å². The van der Waals surface area contributed by atoms with Gasteiger partial charge in [-0.05, 0) is 12.8 Å². The third-order valence-corrected chi connectivity index (χ3v) is 4.95. The van der Waals surface area contributed by atoms with E-state index in [-0.39, 0.29) is 12.3 Å². The van der Waals surface area contributed by atoms with Gasteiger partial charge in [0.1, 0.15) is 0 Å². The van der Waals surface area contributed by atoms with Crippen molar-refractivity contribution in [3.63, 3.8) is 0 Å². The Morgan fingerprint density at radius 2 is 2.31 bits per heavy atom. The summed E-state index contributed by atoms with van der Waals surface area (Å²) in [7, 11) is 0. The summed E-state index contributed by atoms with van der Waals surface area (Å²) < 4.78 is 0. The molecule has 5 heteroatoms. The van der Waals surface area contributed by atoms with Crippen LogP contribution in [-0.2, 0) is 9.59 Å². The van der Waals surface area contributed by atoms with E-state index in [1.54, 1.807) is 0 Å². The second-order valence-corrected chi connectivity index (χ2v) is 5.83. The Morgan fingerprint density at radius 3 is 3.06 bits per heavy atom. The minimum absolute atomic E-state index is 0.186. The smallest absolute Gasteiger partial charge is 0.303 e. The van der Waals surface area contributed by atoms with Gasteiger partial charge in [0, 0.05) is 35.8 Å². The fraction of sp³-hybridized carbons (Fsp3) is 0.818. The number of carboxylic acid groups (broad SMARTS) is 1. The molecule has 4 nitrogen and oxygen atoms in total. The van der Waals surface area contributed by atoms with E-state index in [0.29, 0.717) is 23.6 Å². The summed E-state index contributed by atoms with van der Waals surface area (Å²) in [6, 6.07) is 0.377. The predicted molar refractivity (Wildman–Crippen MR) is 62.4 cm³/mol. The van der Waals surface area contributed by atoms with Crippen LogP contribution in [0.25, 0.3) is 0 Å². The second kappa shape index (κ2) is 5.08. The van der Waals surface area contributed by atoms with Crippen LogP contribution in [0, 0.1) is 5.92 Å². The Labute approximate surface area is 99.2 Å². The lowest BCUT2D eigenvalue weighted by atomic mass is 9.94. The standard InChI is InChI=1S/C11H17NO3S/c13-10-5-7-8(12-10)6-16-9(7)3-1-2-4-11(14)15/h7-9H,1-6H2,(H,12,13)(H,14,15)/t7-,8-,9-/m0/s1. The number of carbonyl (C=O) groups excluding carboxylic acids is 1. The van der Waals surface area contributed by atoms with Crippen LogP contribution in [0.1, 0.15) is 32.1 Å². The quantitative estimate of drug-likeness (QED) is 0.713. The lowest BCUT2D eigenvalue weighted by Crippen LogP contribution is -2.29. The first-order valence-electron chi connectivity index (χ1n) is 5.79. The number of nitrogens with one attached hydrogen (secondary N) is 1. The summed E-state index contributed by atoms with van der Waals surface area (Å²) in [6.07, 6.45) is 3.70. The molecular weight excluding hydrogens is 226 g/mol. The zero-order chi connectivity index (χ0) is 11.5. The molecule has 0 radical (unpaired) electrons. The van der Waals surface area contributed by atoms with Gasteiger partial charge in [-0.25, -0.2) is 0 Å². The van der Waals surface area contributed by atoms with Crippen LogP contribution in [-0.4, -0.2) is 34.0 Å². The highest BCUT2D eigenvalue weighted by atomic mass is 32.2. The fourth-order valence-electron chi connectivity index (χ4n) is 2.55. The summed E-state index contributed by atoms with van der Waals surface area (Å²) >= 11 is 1.93. The molecule has 2 aliphatic heterocycles. The molecule has 2 saturated heterocycles. The van der Waals surface area contributed by atoms with Crippen molar-refractivity contribution < 1.29 is 14.7 Å². The number of carbonyl (C=O) groups is 2. The van der Waals surface area contributed by atoms with E-state index < -0.39 is 5.97 Å². The van der Waals surface area contributed by atoms with Crippen molar-refractivity contribution in [1.29, 1.82) is 0 Å². The van der Waals surface area contributed by atoms with Crippen LogP contribution in [0.2, 0.25) is 0 Å². The normalized spacial score (nSPS) is 32.5. The number of thioether (sulfide) groups is 1. The number of unbranched alkanes of at least 4 members (excludes halogenated alkanes) is 1. The Kier molecular flexibility index (Phi) is 3.74. The molecule has 2 aliphatic rings. The number of carboxylic acids is 1. The molecule has 0 aliphatic carbocycles. The van der Waals surface area contributed by atoms with Gasteiger partial charge in [0.25, 0.3) is 0 Å². The Hall–Kier alpha value is -0.710. The number of rotatable bonds is 5. The monoisotopic (exact) mass is 243 g/mol. The van der Waals surface area contributed by atoms with Gasteiger partial charge in [0.05, 0.1) is 0 Å². The Bertz CT molecular complexity index is 295. The summed E-state index contributed by atoms with van der Waals surface area (Å²) in [4.78, 5) is 21.6. The molecule has 2 heterocycles. The first-order chi connectivity index (χ1) is 7.66. The van der Waals surface area contributed by atoms with Gasteiger partial charge < -0.3 is 10.4 Å². The lowest BCUT2D eigenvalue weighted by Gasteiger charge is -2.15. The Balaban J connectivity index is 1.70. The average Bonchev–Trinajstić information content (AvgIpc) is 2.72. The zero-order valence-corrected chi connectivity index (χ0v) is 9.96. The first-order valence-corrected chi connectivity index (χ1v) is 6.84. The molecule has 3 atom stereocenters. The molecule has 2 rings (SSSR count). The molecule has 0 saturated carbocycles. The van der Waals surface area contributed by atoms with Gasteiger partial charge in [-0.2, -0.15) is 11.8 Å². The number of amides is 1. The maximum absolute atomic E-state index is 11.2. The van der Waals surface area contributed by atoms with E-state index in [4.69, 9.17) is 5.11 Å². The minimum atomic E-state index is -0.713. The van der Waals surface area contributed by atoms with Gasteiger partial charge in [0.15, 0.2) is 0 Å². The molecule has 0 aromatic carbocycles. The molecule has 16 heavy (non-hydrogen) atoms. The number of aliphatic carboxylic acids is 1. The predicted octanol–water partition coefficient (Wildman–Crippen LogP) is 1.25. The molecular formula is C11H17NO3S. The molecule has 2 N–H and O–H groups in total. The van der Waals surface area contributed by atoms with Crippen LogP contribution < -0.4 is 5.32 Å². The van der Waals surface area contributed by atoms with Crippen molar-refractivity contribution in [2.45, 2.75) is 43.4 Å². The van der Waals surface area contributed by atoms with Crippen LogP contribution >= 0.6 is 11.8 Å².